The average Bonchev–Trinajstić information content (AvgIpc) is 1.80. The second kappa shape index (κ2) is 5.40. The lowest BCUT2D eigenvalue weighted by Gasteiger charge is -1.88. The van der Waals surface area contributed by atoms with Gasteiger partial charge in [-0.25, -0.2) is 0 Å². The highest BCUT2D eigenvalue weighted by atomic mass is 16.2. The number of allylic oxidation sites excluding steroid dienone is 1. The van der Waals surface area contributed by atoms with Crippen LogP contribution in [0.15, 0.2) is 12.2 Å². The standard InChI is InChI=1S/C8H12O/c1-8(2)6-4-3-5-7-9/h9H,1,4,6-7H2,2H3. The highest BCUT2D eigenvalue weighted by molar-refractivity contribution is 5.02. The van der Waals surface area contributed by atoms with Crippen LogP contribution < -0.4 is 0 Å². The predicted octanol–water partition coefficient (Wildman–Crippen LogP) is 1.34. The van der Waals surface area contributed by atoms with Crippen molar-refractivity contribution in [3.8, 4) is 11.8 Å². The number of rotatable bonds is 2. The van der Waals surface area contributed by atoms with E-state index in [1.807, 2.05) is 6.92 Å². The van der Waals surface area contributed by atoms with E-state index >= 15 is 0 Å². The highest BCUT2D eigenvalue weighted by Crippen LogP contribution is 1.97. The largest absolute Gasteiger partial charge is 0.384 e. The van der Waals surface area contributed by atoms with Crippen molar-refractivity contribution in [3.05, 3.63) is 12.2 Å². The Bertz CT molecular complexity index is 136. The molecule has 9 heavy (non-hydrogen) atoms. The average molecular weight is 124 g/mol. The molecule has 0 aromatic heterocycles. The van der Waals surface area contributed by atoms with E-state index in [0.717, 1.165) is 18.4 Å². The minimum Gasteiger partial charge on any atom is -0.384 e. The second-order valence-electron chi connectivity index (χ2n) is 1.97. The van der Waals surface area contributed by atoms with E-state index in [4.69, 9.17) is 5.11 Å². The Hall–Kier alpha value is -0.740. The fourth-order valence-electron chi connectivity index (χ4n) is 0.420. The van der Waals surface area contributed by atoms with Gasteiger partial charge in [0.25, 0.3) is 0 Å². The third-order valence-corrected chi connectivity index (χ3v) is 0.881. The summed E-state index contributed by atoms with van der Waals surface area (Å²) in [6.07, 6.45) is 1.75. The molecule has 0 aliphatic rings. The first-order valence-electron chi connectivity index (χ1n) is 2.98. The molecule has 1 N–H and O–H groups in total. The predicted molar refractivity (Wildman–Crippen MR) is 38.9 cm³/mol. The minimum absolute atomic E-state index is 0.0316. The van der Waals surface area contributed by atoms with Crippen molar-refractivity contribution >= 4 is 0 Å². The van der Waals surface area contributed by atoms with Crippen LogP contribution in [0, 0.1) is 11.8 Å². The summed E-state index contributed by atoms with van der Waals surface area (Å²) in [6.45, 7) is 5.66. The molecule has 0 rings (SSSR count). The van der Waals surface area contributed by atoms with Crippen molar-refractivity contribution in [2.45, 2.75) is 19.8 Å². The van der Waals surface area contributed by atoms with Crippen molar-refractivity contribution in [3.63, 3.8) is 0 Å². The van der Waals surface area contributed by atoms with Crippen molar-refractivity contribution in [1.82, 2.24) is 0 Å². The van der Waals surface area contributed by atoms with Crippen LogP contribution in [0.4, 0.5) is 0 Å². The normalized spacial score (nSPS) is 7.78. The maximum atomic E-state index is 8.24. The van der Waals surface area contributed by atoms with Crippen molar-refractivity contribution < 1.29 is 5.11 Å². The molecule has 0 fully saturated rings. The number of hydrogen-bond acceptors (Lipinski definition) is 1. The molecule has 50 valence electrons. The number of aliphatic hydroxyl groups is 1. The SMILES string of the molecule is C=C(C)CCC#CCO. The van der Waals surface area contributed by atoms with E-state index in [2.05, 4.69) is 18.4 Å². The van der Waals surface area contributed by atoms with Crippen molar-refractivity contribution in [2.24, 2.45) is 0 Å². The smallest absolute Gasteiger partial charge is 0.104 e. The molecule has 0 bridgehead atoms. The fraction of sp³-hybridized carbons (Fsp3) is 0.500. The number of aliphatic hydroxyl groups excluding tert-OH is 1. The summed E-state index contributed by atoms with van der Waals surface area (Å²) < 4.78 is 0. The molecule has 0 saturated carbocycles. The maximum Gasteiger partial charge on any atom is 0.104 e. The molecule has 1 heteroatoms. The van der Waals surface area contributed by atoms with Gasteiger partial charge in [-0.1, -0.05) is 11.5 Å². The van der Waals surface area contributed by atoms with Gasteiger partial charge < -0.3 is 5.11 Å². The van der Waals surface area contributed by atoms with Crippen LogP contribution >= 0.6 is 0 Å². The molecule has 0 aliphatic heterocycles. The van der Waals surface area contributed by atoms with Gasteiger partial charge in [0.1, 0.15) is 6.61 Å². The molecule has 0 aliphatic carbocycles. The lowest BCUT2D eigenvalue weighted by atomic mass is 10.2. The Morgan fingerprint density at radius 1 is 1.56 bits per heavy atom. The van der Waals surface area contributed by atoms with E-state index in [0.29, 0.717) is 0 Å². The van der Waals surface area contributed by atoms with Crippen LogP contribution in [0.2, 0.25) is 0 Å². The summed E-state index contributed by atoms with van der Waals surface area (Å²) in [4.78, 5) is 0. The third-order valence-electron chi connectivity index (χ3n) is 0.881. The van der Waals surface area contributed by atoms with E-state index in [-0.39, 0.29) is 6.61 Å². The van der Waals surface area contributed by atoms with Gasteiger partial charge in [-0.3, -0.25) is 0 Å². The molecular formula is C8H12O. The van der Waals surface area contributed by atoms with Gasteiger partial charge >= 0.3 is 0 Å². The fourth-order valence-corrected chi connectivity index (χ4v) is 0.420. The lowest BCUT2D eigenvalue weighted by Crippen LogP contribution is -1.74. The third kappa shape index (κ3) is 7.26. The van der Waals surface area contributed by atoms with E-state index in [1.54, 1.807) is 0 Å². The van der Waals surface area contributed by atoms with Crippen LogP contribution in [0.25, 0.3) is 0 Å². The number of hydrogen-bond donors (Lipinski definition) is 1. The van der Waals surface area contributed by atoms with Crippen LogP contribution in [-0.2, 0) is 0 Å². The molecule has 1 nitrogen and oxygen atoms in total. The van der Waals surface area contributed by atoms with Crippen LogP contribution in [-0.4, -0.2) is 11.7 Å². The molecule has 0 atom stereocenters. The van der Waals surface area contributed by atoms with Gasteiger partial charge in [0.15, 0.2) is 0 Å². The topological polar surface area (TPSA) is 20.2 Å². The monoisotopic (exact) mass is 124 g/mol. The molecule has 0 spiro atoms. The summed E-state index contributed by atoms with van der Waals surface area (Å²) in [7, 11) is 0. The molecule has 0 amide bonds. The first kappa shape index (κ1) is 8.26. The van der Waals surface area contributed by atoms with E-state index < -0.39 is 0 Å². The van der Waals surface area contributed by atoms with Gasteiger partial charge in [0.2, 0.25) is 0 Å². The molecule has 0 unspecified atom stereocenters. The van der Waals surface area contributed by atoms with Gasteiger partial charge in [-0.2, -0.15) is 0 Å². The van der Waals surface area contributed by atoms with Crippen molar-refractivity contribution in [2.75, 3.05) is 6.61 Å². The molecular weight excluding hydrogens is 112 g/mol. The summed E-state index contributed by atoms with van der Waals surface area (Å²) in [5.74, 6) is 5.37. The van der Waals surface area contributed by atoms with Crippen molar-refractivity contribution in [1.29, 1.82) is 0 Å². The molecule has 0 aromatic carbocycles. The lowest BCUT2D eigenvalue weighted by molar-refractivity contribution is 0.350. The first-order chi connectivity index (χ1) is 4.27. The van der Waals surface area contributed by atoms with Crippen LogP contribution in [0.3, 0.4) is 0 Å². The summed E-state index contributed by atoms with van der Waals surface area (Å²) in [6, 6.07) is 0. The van der Waals surface area contributed by atoms with E-state index in [9.17, 15) is 0 Å². The zero-order valence-electron chi connectivity index (χ0n) is 5.78. The minimum atomic E-state index is -0.0316. The quantitative estimate of drug-likeness (QED) is 0.435. The molecule has 0 saturated heterocycles. The van der Waals surface area contributed by atoms with Gasteiger partial charge in [-0.05, 0) is 13.3 Å². The maximum absolute atomic E-state index is 8.24. The Labute approximate surface area is 56.4 Å². The van der Waals surface area contributed by atoms with Crippen LogP contribution in [0.5, 0.6) is 0 Å². The van der Waals surface area contributed by atoms with Crippen LogP contribution in [0.1, 0.15) is 19.8 Å². The summed E-state index contributed by atoms with van der Waals surface area (Å²) >= 11 is 0. The second-order valence-corrected chi connectivity index (χ2v) is 1.97. The molecule has 0 heterocycles. The highest BCUT2D eigenvalue weighted by Gasteiger charge is 1.80. The Kier molecular flexibility index (Phi) is 4.95. The van der Waals surface area contributed by atoms with Gasteiger partial charge in [0.05, 0.1) is 0 Å². The Morgan fingerprint density at radius 2 is 2.22 bits per heavy atom. The summed E-state index contributed by atoms with van der Waals surface area (Å²) in [5, 5.41) is 8.24. The first-order valence-corrected chi connectivity index (χ1v) is 2.98. The van der Waals surface area contributed by atoms with Gasteiger partial charge in [-0.15, -0.1) is 12.5 Å². The Balaban J connectivity index is 3.19. The summed E-state index contributed by atoms with van der Waals surface area (Å²) in [5.41, 5.74) is 1.14. The van der Waals surface area contributed by atoms with Gasteiger partial charge in [0, 0.05) is 6.42 Å². The zero-order chi connectivity index (χ0) is 7.11. The Morgan fingerprint density at radius 3 is 2.67 bits per heavy atom. The van der Waals surface area contributed by atoms with E-state index in [1.165, 1.54) is 0 Å². The molecule has 0 aromatic rings. The zero-order valence-corrected chi connectivity index (χ0v) is 5.78. The molecule has 0 radical (unpaired) electrons.